The minimum absolute atomic E-state index is 0.473. The van der Waals surface area contributed by atoms with Crippen LogP contribution in [0.5, 0.6) is 0 Å². The molecule has 0 fully saturated rings. The number of hydrogen-bond donors (Lipinski definition) is 1. The molecular formula is C13H9O. The molecule has 0 aliphatic heterocycles. The molecule has 1 nitrogen and oxygen atoms in total. The van der Waals surface area contributed by atoms with E-state index in [1.165, 1.54) is 0 Å². The zero-order valence-corrected chi connectivity index (χ0v) is 7.57. The van der Waals surface area contributed by atoms with Gasteiger partial charge in [0.1, 0.15) is 6.10 Å². The Kier molecular flexibility index (Phi) is 1.49. The van der Waals surface area contributed by atoms with E-state index in [1.54, 1.807) is 0 Å². The maximum absolute atomic E-state index is 10.0. The summed E-state index contributed by atoms with van der Waals surface area (Å²) in [6, 6.07) is 16.7. The van der Waals surface area contributed by atoms with Crippen LogP contribution in [0.4, 0.5) is 0 Å². The first-order chi connectivity index (χ1) is 6.88. The molecule has 1 radical (unpaired) electrons. The topological polar surface area (TPSA) is 20.2 Å². The van der Waals surface area contributed by atoms with Crippen LogP contribution in [0.3, 0.4) is 0 Å². The van der Waals surface area contributed by atoms with Crippen LogP contribution >= 0.6 is 0 Å². The highest BCUT2D eigenvalue weighted by Crippen LogP contribution is 2.42. The summed E-state index contributed by atoms with van der Waals surface area (Å²) in [6.45, 7) is 0. The third-order valence-corrected chi connectivity index (χ3v) is 2.74. The molecule has 1 N–H and O–H groups in total. The maximum atomic E-state index is 10.0. The fourth-order valence-electron chi connectivity index (χ4n) is 2.06. The Labute approximate surface area is 82.6 Å². The first kappa shape index (κ1) is 7.77. The molecule has 1 aliphatic carbocycles. The van der Waals surface area contributed by atoms with Gasteiger partial charge in [0.15, 0.2) is 0 Å². The lowest BCUT2D eigenvalue weighted by molar-refractivity contribution is 0.225. The van der Waals surface area contributed by atoms with E-state index >= 15 is 0 Å². The standard InChI is InChI=1S/C13H9O/c14-13-11-7-3-1-5-9(11)10-6-2-4-8-12(10)13/h1-3,5-8,13-14H. The van der Waals surface area contributed by atoms with Gasteiger partial charge in [0.05, 0.1) is 0 Å². The van der Waals surface area contributed by atoms with Gasteiger partial charge in [0.25, 0.3) is 0 Å². The molecule has 67 valence electrons. The molecule has 0 amide bonds. The Hall–Kier alpha value is -1.60. The number of hydrogen-bond acceptors (Lipinski definition) is 1. The van der Waals surface area contributed by atoms with Crippen molar-refractivity contribution in [2.45, 2.75) is 6.10 Å². The average molecular weight is 181 g/mol. The van der Waals surface area contributed by atoms with Crippen LogP contribution in [-0.2, 0) is 0 Å². The second kappa shape index (κ2) is 2.69. The summed E-state index contributed by atoms with van der Waals surface area (Å²) < 4.78 is 0. The Morgan fingerprint density at radius 1 is 1.00 bits per heavy atom. The summed E-state index contributed by atoms with van der Waals surface area (Å²) in [5.41, 5.74) is 4.24. The molecule has 2 aromatic carbocycles. The van der Waals surface area contributed by atoms with E-state index in [0.29, 0.717) is 0 Å². The molecule has 0 saturated heterocycles. The van der Waals surface area contributed by atoms with Gasteiger partial charge in [-0.15, -0.1) is 0 Å². The van der Waals surface area contributed by atoms with Crippen molar-refractivity contribution >= 4 is 0 Å². The summed E-state index contributed by atoms with van der Waals surface area (Å²) in [6.07, 6.45) is -0.473. The number of fused-ring (bicyclic) bond motifs is 3. The summed E-state index contributed by atoms with van der Waals surface area (Å²) in [7, 11) is 0. The lowest BCUT2D eigenvalue weighted by Gasteiger charge is -2.03. The highest BCUT2D eigenvalue weighted by molar-refractivity contribution is 5.77. The summed E-state index contributed by atoms with van der Waals surface area (Å²) in [5.74, 6) is 0. The zero-order valence-electron chi connectivity index (χ0n) is 7.57. The molecular weight excluding hydrogens is 172 g/mol. The van der Waals surface area contributed by atoms with Gasteiger partial charge < -0.3 is 5.11 Å². The van der Waals surface area contributed by atoms with Crippen molar-refractivity contribution in [3.05, 3.63) is 59.7 Å². The molecule has 0 saturated carbocycles. The van der Waals surface area contributed by atoms with E-state index in [2.05, 4.69) is 6.07 Å². The summed E-state index contributed by atoms with van der Waals surface area (Å²) >= 11 is 0. The van der Waals surface area contributed by atoms with Crippen molar-refractivity contribution in [1.82, 2.24) is 0 Å². The van der Waals surface area contributed by atoms with E-state index in [0.717, 1.165) is 22.3 Å². The van der Waals surface area contributed by atoms with Gasteiger partial charge in [0, 0.05) is 0 Å². The SMILES string of the molecule is OC1c2c[c]ccc2-c2ccccc21. The van der Waals surface area contributed by atoms with E-state index in [1.807, 2.05) is 42.5 Å². The molecule has 0 bridgehead atoms. The normalized spacial score (nSPS) is 13.8. The van der Waals surface area contributed by atoms with Gasteiger partial charge in [-0.1, -0.05) is 36.4 Å². The third-order valence-electron chi connectivity index (χ3n) is 2.74. The van der Waals surface area contributed by atoms with Gasteiger partial charge in [-0.25, -0.2) is 0 Å². The fourth-order valence-corrected chi connectivity index (χ4v) is 2.06. The van der Waals surface area contributed by atoms with Crippen LogP contribution in [-0.4, -0.2) is 5.11 Å². The van der Waals surface area contributed by atoms with Crippen molar-refractivity contribution < 1.29 is 5.11 Å². The number of aliphatic hydroxyl groups excluding tert-OH is 1. The molecule has 2 aromatic rings. The van der Waals surface area contributed by atoms with E-state index < -0.39 is 6.10 Å². The summed E-state index contributed by atoms with van der Waals surface area (Å²) in [4.78, 5) is 0. The number of benzene rings is 2. The van der Waals surface area contributed by atoms with Gasteiger partial charge in [-0.2, -0.15) is 0 Å². The van der Waals surface area contributed by atoms with Gasteiger partial charge in [0.2, 0.25) is 0 Å². The van der Waals surface area contributed by atoms with Gasteiger partial charge >= 0.3 is 0 Å². The molecule has 14 heavy (non-hydrogen) atoms. The van der Waals surface area contributed by atoms with Crippen molar-refractivity contribution in [3.8, 4) is 11.1 Å². The minimum atomic E-state index is -0.473. The number of rotatable bonds is 0. The van der Waals surface area contributed by atoms with Crippen molar-refractivity contribution in [2.24, 2.45) is 0 Å². The van der Waals surface area contributed by atoms with Crippen molar-refractivity contribution in [3.63, 3.8) is 0 Å². The highest BCUT2D eigenvalue weighted by atomic mass is 16.3. The second-order valence-electron chi connectivity index (χ2n) is 3.50. The van der Waals surface area contributed by atoms with Crippen LogP contribution in [0.15, 0.2) is 42.5 Å². The highest BCUT2D eigenvalue weighted by Gasteiger charge is 2.25. The monoisotopic (exact) mass is 181 g/mol. The van der Waals surface area contributed by atoms with Gasteiger partial charge in [-0.05, 0) is 34.4 Å². The van der Waals surface area contributed by atoms with Crippen molar-refractivity contribution in [1.29, 1.82) is 0 Å². The zero-order chi connectivity index (χ0) is 9.54. The van der Waals surface area contributed by atoms with Crippen LogP contribution < -0.4 is 0 Å². The van der Waals surface area contributed by atoms with E-state index in [-0.39, 0.29) is 0 Å². The quantitative estimate of drug-likeness (QED) is 0.662. The molecule has 1 heteroatoms. The molecule has 1 atom stereocenters. The lowest BCUT2D eigenvalue weighted by Crippen LogP contribution is -1.92. The van der Waals surface area contributed by atoms with Crippen LogP contribution in [0.2, 0.25) is 0 Å². The first-order valence-electron chi connectivity index (χ1n) is 4.65. The predicted molar refractivity (Wildman–Crippen MR) is 54.8 cm³/mol. The first-order valence-corrected chi connectivity index (χ1v) is 4.65. The second-order valence-corrected chi connectivity index (χ2v) is 3.50. The van der Waals surface area contributed by atoms with E-state index in [9.17, 15) is 5.11 Å². The smallest absolute Gasteiger partial charge is 0.105 e. The van der Waals surface area contributed by atoms with Crippen LogP contribution in [0, 0.1) is 6.07 Å². The van der Waals surface area contributed by atoms with E-state index in [4.69, 9.17) is 0 Å². The van der Waals surface area contributed by atoms with Gasteiger partial charge in [-0.3, -0.25) is 0 Å². The number of aliphatic hydroxyl groups is 1. The lowest BCUT2D eigenvalue weighted by atomic mass is 10.1. The molecule has 1 unspecified atom stereocenters. The van der Waals surface area contributed by atoms with Crippen LogP contribution in [0.25, 0.3) is 11.1 Å². The Balaban J connectivity index is 2.36. The molecule has 0 spiro atoms. The molecule has 0 heterocycles. The minimum Gasteiger partial charge on any atom is -0.384 e. The molecule has 0 aromatic heterocycles. The summed E-state index contributed by atoms with van der Waals surface area (Å²) in [5, 5.41) is 10.0. The Morgan fingerprint density at radius 3 is 2.71 bits per heavy atom. The van der Waals surface area contributed by atoms with Crippen molar-refractivity contribution in [2.75, 3.05) is 0 Å². The Morgan fingerprint density at radius 2 is 1.79 bits per heavy atom. The predicted octanol–water partition coefficient (Wildman–Crippen LogP) is 2.55. The maximum Gasteiger partial charge on any atom is 0.105 e. The third kappa shape index (κ3) is 0.875. The Bertz CT molecular complexity index is 443. The molecule has 1 aliphatic rings. The molecule has 3 rings (SSSR count). The fraction of sp³-hybridized carbons (Fsp3) is 0.0769. The van der Waals surface area contributed by atoms with Crippen LogP contribution in [0.1, 0.15) is 17.2 Å². The average Bonchev–Trinajstić information content (AvgIpc) is 2.55. The largest absolute Gasteiger partial charge is 0.384 e.